The van der Waals surface area contributed by atoms with E-state index in [4.69, 9.17) is 9.05 Å². The van der Waals surface area contributed by atoms with E-state index in [1.165, 1.54) is 141 Å². The lowest BCUT2D eigenvalue weighted by atomic mass is 10.0. The Labute approximate surface area is 377 Å². The molecular weight excluding hydrogens is 780 g/mol. The van der Waals surface area contributed by atoms with Crippen molar-refractivity contribution < 1.29 is 32.9 Å². The fourth-order valence-corrected chi connectivity index (χ4v) is 7.66. The predicted octanol–water partition coefficient (Wildman–Crippen LogP) is 14.0. The maximum atomic E-state index is 12.9. The van der Waals surface area contributed by atoms with Crippen LogP contribution in [-0.4, -0.2) is 68.5 Å². The molecule has 0 spiro atoms. The third kappa shape index (κ3) is 46.0. The summed E-state index contributed by atoms with van der Waals surface area (Å²) in [6, 6.07) is -0.905. The van der Waals surface area contributed by atoms with E-state index in [2.05, 4.69) is 67.8 Å². The molecule has 2 N–H and O–H groups in total. The average molecular weight is 877 g/mol. The fourth-order valence-electron chi connectivity index (χ4n) is 6.94. The van der Waals surface area contributed by atoms with E-state index >= 15 is 0 Å². The van der Waals surface area contributed by atoms with E-state index in [1.807, 2.05) is 27.2 Å². The van der Waals surface area contributed by atoms with E-state index in [0.717, 1.165) is 51.4 Å². The number of hydrogen-bond donors (Lipinski definition) is 2. The van der Waals surface area contributed by atoms with Crippen molar-refractivity contribution in [3.8, 4) is 0 Å². The average Bonchev–Trinajstić information content (AvgIpc) is 3.21. The summed E-state index contributed by atoms with van der Waals surface area (Å²) in [5.41, 5.74) is 0. The van der Waals surface area contributed by atoms with Gasteiger partial charge in [-0.1, -0.05) is 197 Å². The zero-order valence-electron chi connectivity index (χ0n) is 40.4. The minimum atomic E-state index is -4.60. The maximum absolute atomic E-state index is 12.9. The third-order valence-corrected chi connectivity index (χ3v) is 11.9. The van der Waals surface area contributed by atoms with Crippen LogP contribution >= 0.6 is 7.82 Å². The Kier molecular flexibility index (Phi) is 42.2. The Balaban J connectivity index is 4.21. The van der Waals surface area contributed by atoms with Crippen molar-refractivity contribution >= 4 is 13.7 Å². The van der Waals surface area contributed by atoms with Crippen LogP contribution in [0.15, 0.2) is 60.8 Å². The number of phosphoric ester groups is 1. The molecule has 0 aliphatic carbocycles. The smallest absolute Gasteiger partial charge is 0.268 e. The van der Waals surface area contributed by atoms with Crippen molar-refractivity contribution in [3.63, 3.8) is 0 Å². The number of carbonyl (C=O) groups excluding carboxylic acids is 1. The van der Waals surface area contributed by atoms with Gasteiger partial charge < -0.3 is 28.8 Å². The number of aliphatic hydroxyl groups excluding tert-OH is 1. The molecule has 0 saturated heterocycles. The molecule has 0 aliphatic rings. The van der Waals surface area contributed by atoms with Crippen LogP contribution in [0.25, 0.3) is 0 Å². The molecule has 1 amide bonds. The van der Waals surface area contributed by atoms with Crippen LogP contribution in [0.4, 0.5) is 0 Å². The predicted molar refractivity (Wildman–Crippen MR) is 261 cm³/mol. The summed E-state index contributed by atoms with van der Waals surface area (Å²) in [4.78, 5) is 25.3. The van der Waals surface area contributed by atoms with Crippen LogP contribution in [-0.2, 0) is 18.4 Å². The van der Waals surface area contributed by atoms with Gasteiger partial charge in [-0.3, -0.25) is 9.36 Å². The zero-order chi connectivity index (χ0) is 45.0. The minimum Gasteiger partial charge on any atom is -0.756 e. The van der Waals surface area contributed by atoms with E-state index in [9.17, 15) is 19.4 Å². The van der Waals surface area contributed by atoms with Gasteiger partial charge in [-0.05, 0) is 70.6 Å². The lowest BCUT2D eigenvalue weighted by Crippen LogP contribution is -2.45. The summed E-state index contributed by atoms with van der Waals surface area (Å²) in [7, 11) is 1.24. The number of allylic oxidation sites excluding steroid dienone is 9. The summed E-state index contributed by atoms with van der Waals surface area (Å²) in [5, 5.41) is 13.8. The first-order chi connectivity index (χ1) is 29.5. The normalized spacial score (nSPS) is 14.7. The maximum Gasteiger partial charge on any atom is 0.268 e. The molecule has 0 saturated carbocycles. The molecule has 0 fully saturated rings. The molecule has 356 valence electrons. The highest BCUT2D eigenvalue weighted by atomic mass is 31.2. The molecule has 0 bridgehead atoms. The second kappa shape index (κ2) is 43.5. The van der Waals surface area contributed by atoms with Crippen LogP contribution < -0.4 is 10.2 Å². The number of nitrogens with zero attached hydrogens (tertiary/aromatic N) is 1. The van der Waals surface area contributed by atoms with Crippen molar-refractivity contribution in [1.29, 1.82) is 0 Å². The first kappa shape index (κ1) is 59.2. The number of aliphatic hydroxyl groups is 1. The van der Waals surface area contributed by atoms with Gasteiger partial charge in [-0.25, -0.2) is 0 Å². The highest BCUT2D eigenvalue weighted by molar-refractivity contribution is 7.45. The van der Waals surface area contributed by atoms with Gasteiger partial charge in [0.05, 0.1) is 39.9 Å². The standard InChI is InChI=1S/C52H97N2O6P/c1-6-8-10-12-14-16-18-20-21-22-23-24-25-26-27-28-29-30-31-32-33-34-36-38-40-42-44-46-52(56)53-50(49-60-61(57,58)59-48-47-54(3,4)5)51(55)45-43-41-39-37-35-19-17-15-13-11-9-7-2/h18,20,22-23,25-26,35,37,43,45,50-51,55H,6-17,19,21,24,27-34,36,38-42,44,46-49H2,1-5H3,(H-,53,56,57,58)/b20-18-,23-22-,26-25-,37-35+,45-43+. The summed E-state index contributed by atoms with van der Waals surface area (Å²) in [5.74, 6) is -0.212. The summed E-state index contributed by atoms with van der Waals surface area (Å²) >= 11 is 0. The van der Waals surface area contributed by atoms with Gasteiger partial charge in [0.1, 0.15) is 13.2 Å². The lowest BCUT2D eigenvalue weighted by molar-refractivity contribution is -0.870. The molecule has 61 heavy (non-hydrogen) atoms. The second-order valence-corrected chi connectivity index (χ2v) is 19.6. The number of rotatable bonds is 45. The minimum absolute atomic E-state index is 0.00859. The van der Waals surface area contributed by atoms with Crippen LogP contribution in [0.3, 0.4) is 0 Å². The largest absolute Gasteiger partial charge is 0.756 e. The zero-order valence-corrected chi connectivity index (χ0v) is 41.2. The topological polar surface area (TPSA) is 108 Å². The molecule has 9 heteroatoms. The molecule has 0 heterocycles. The van der Waals surface area contributed by atoms with Crippen molar-refractivity contribution in [2.24, 2.45) is 0 Å². The second-order valence-electron chi connectivity index (χ2n) is 18.2. The number of amides is 1. The van der Waals surface area contributed by atoms with Gasteiger partial charge in [0, 0.05) is 6.42 Å². The van der Waals surface area contributed by atoms with Crippen molar-refractivity contribution in [2.75, 3.05) is 40.9 Å². The molecule has 0 aromatic rings. The molecule has 0 aromatic heterocycles. The number of hydrogen-bond acceptors (Lipinski definition) is 6. The quantitative estimate of drug-likeness (QED) is 0.0273. The molecule has 0 rings (SSSR count). The molecule has 8 nitrogen and oxygen atoms in total. The van der Waals surface area contributed by atoms with E-state index in [-0.39, 0.29) is 12.5 Å². The van der Waals surface area contributed by atoms with E-state index in [1.54, 1.807) is 6.08 Å². The number of phosphoric acid groups is 1. The van der Waals surface area contributed by atoms with Gasteiger partial charge >= 0.3 is 0 Å². The first-order valence-corrected chi connectivity index (χ1v) is 26.6. The SMILES string of the molecule is CCCCCCC/C=C\C/C=C\C/C=C\CCCCCCCCCCCCCCC(=O)NC(COP(=O)([O-])OCC[N+](C)(C)C)C(O)/C=C/CC/C=C/CCCCCCCC. The van der Waals surface area contributed by atoms with Gasteiger partial charge in [0.15, 0.2) is 0 Å². The Hall–Kier alpha value is -1.80. The van der Waals surface area contributed by atoms with Crippen molar-refractivity contribution in [1.82, 2.24) is 5.32 Å². The highest BCUT2D eigenvalue weighted by Crippen LogP contribution is 2.38. The molecule has 0 aromatic carbocycles. The van der Waals surface area contributed by atoms with Gasteiger partial charge in [-0.2, -0.15) is 0 Å². The molecule has 0 aliphatic heterocycles. The molecule has 0 radical (unpaired) electrons. The van der Waals surface area contributed by atoms with E-state index in [0.29, 0.717) is 17.4 Å². The monoisotopic (exact) mass is 877 g/mol. The molecular formula is C52H97N2O6P. The Morgan fingerprint density at radius 3 is 1.44 bits per heavy atom. The number of quaternary nitrogens is 1. The van der Waals surface area contributed by atoms with Gasteiger partial charge in [0.2, 0.25) is 5.91 Å². The van der Waals surface area contributed by atoms with Crippen LogP contribution in [0.1, 0.15) is 213 Å². The Bertz CT molecular complexity index is 1180. The molecule has 3 atom stereocenters. The lowest BCUT2D eigenvalue weighted by Gasteiger charge is -2.29. The first-order valence-electron chi connectivity index (χ1n) is 25.2. The highest BCUT2D eigenvalue weighted by Gasteiger charge is 2.23. The fraction of sp³-hybridized carbons (Fsp3) is 0.788. The van der Waals surface area contributed by atoms with Crippen molar-refractivity contribution in [2.45, 2.75) is 225 Å². The number of likely N-dealkylation sites (N-methyl/N-ethyl adjacent to an activating group) is 1. The summed E-state index contributed by atoms with van der Waals surface area (Å²) < 4.78 is 23.2. The van der Waals surface area contributed by atoms with E-state index < -0.39 is 26.6 Å². The van der Waals surface area contributed by atoms with Crippen LogP contribution in [0.5, 0.6) is 0 Å². The van der Waals surface area contributed by atoms with Gasteiger partial charge in [-0.15, -0.1) is 0 Å². The van der Waals surface area contributed by atoms with Gasteiger partial charge in [0.25, 0.3) is 7.82 Å². The number of nitrogens with one attached hydrogen (secondary N) is 1. The van der Waals surface area contributed by atoms with Crippen LogP contribution in [0, 0.1) is 0 Å². The summed E-state index contributed by atoms with van der Waals surface area (Å²) in [6.07, 6.45) is 57.1. The Morgan fingerprint density at radius 1 is 0.574 bits per heavy atom. The summed E-state index contributed by atoms with van der Waals surface area (Å²) in [6.45, 7) is 4.59. The van der Waals surface area contributed by atoms with Crippen LogP contribution in [0.2, 0.25) is 0 Å². The number of unbranched alkanes of at least 4 members (excludes halogenated alkanes) is 24. The Morgan fingerprint density at radius 2 is 0.967 bits per heavy atom. The number of carbonyl (C=O) groups is 1. The third-order valence-electron chi connectivity index (χ3n) is 10.9. The molecule has 3 unspecified atom stereocenters. The van der Waals surface area contributed by atoms with Crippen molar-refractivity contribution in [3.05, 3.63) is 60.8 Å².